The summed E-state index contributed by atoms with van der Waals surface area (Å²) in [7, 11) is 3.12. The van der Waals surface area contributed by atoms with Gasteiger partial charge in [-0.2, -0.15) is 0 Å². The van der Waals surface area contributed by atoms with E-state index in [4.69, 9.17) is 9.15 Å². The number of amides is 2. The summed E-state index contributed by atoms with van der Waals surface area (Å²) in [6, 6.07) is 13.7. The van der Waals surface area contributed by atoms with Crippen LogP contribution in [-0.2, 0) is 4.79 Å². The molecule has 2 amide bonds. The van der Waals surface area contributed by atoms with Gasteiger partial charge in [0, 0.05) is 29.9 Å². The molecule has 8 nitrogen and oxygen atoms in total. The maximum atomic E-state index is 12.5. The highest BCUT2D eigenvalue weighted by Gasteiger charge is 2.16. The zero-order chi connectivity index (χ0) is 19.2. The molecule has 138 valence electrons. The van der Waals surface area contributed by atoms with Gasteiger partial charge in [-0.3, -0.25) is 9.59 Å². The average molecular weight is 366 g/mol. The van der Waals surface area contributed by atoms with E-state index in [2.05, 4.69) is 15.5 Å². The third kappa shape index (κ3) is 4.49. The summed E-state index contributed by atoms with van der Waals surface area (Å²) in [5, 5.41) is 10.2. The second-order valence-corrected chi connectivity index (χ2v) is 5.76. The normalized spacial score (nSPS) is 10.3. The van der Waals surface area contributed by atoms with Crippen LogP contribution in [-0.4, -0.2) is 47.6 Å². The van der Waals surface area contributed by atoms with Gasteiger partial charge in [-0.25, -0.2) is 0 Å². The van der Waals surface area contributed by atoms with Gasteiger partial charge in [0.15, 0.2) is 0 Å². The van der Waals surface area contributed by atoms with E-state index in [-0.39, 0.29) is 18.4 Å². The van der Waals surface area contributed by atoms with E-state index in [1.807, 2.05) is 0 Å². The zero-order valence-corrected chi connectivity index (χ0v) is 14.9. The van der Waals surface area contributed by atoms with Gasteiger partial charge in [0.25, 0.3) is 5.91 Å². The molecular formula is C19H18N4O4. The number of aromatic nitrogens is 2. The number of ether oxygens (including phenoxy) is 1. The Morgan fingerprint density at radius 1 is 1.19 bits per heavy atom. The Morgan fingerprint density at radius 2 is 1.96 bits per heavy atom. The fourth-order valence-electron chi connectivity index (χ4n) is 2.46. The Kier molecular flexibility index (Phi) is 5.46. The van der Waals surface area contributed by atoms with Crippen LogP contribution in [0.2, 0.25) is 0 Å². The molecular weight excluding hydrogens is 348 g/mol. The molecule has 0 saturated carbocycles. The zero-order valence-electron chi connectivity index (χ0n) is 14.9. The van der Waals surface area contributed by atoms with Crippen molar-refractivity contribution in [2.45, 2.75) is 0 Å². The SMILES string of the molecule is COc1cccc(NC(=O)CN(C)C(=O)c2ccc(-c3nnco3)cc2)c1. The lowest BCUT2D eigenvalue weighted by atomic mass is 10.1. The number of likely N-dealkylation sites (N-methyl/N-ethyl adjacent to an activating group) is 1. The molecule has 0 spiro atoms. The van der Waals surface area contributed by atoms with Gasteiger partial charge in [0.2, 0.25) is 18.2 Å². The maximum Gasteiger partial charge on any atom is 0.254 e. The van der Waals surface area contributed by atoms with Crippen molar-refractivity contribution < 1.29 is 18.7 Å². The van der Waals surface area contributed by atoms with Crippen LogP contribution >= 0.6 is 0 Å². The largest absolute Gasteiger partial charge is 0.497 e. The Balaban J connectivity index is 1.60. The summed E-state index contributed by atoms with van der Waals surface area (Å²) < 4.78 is 10.2. The minimum absolute atomic E-state index is 0.0819. The van der Waals surface area contributed by atoms with E-state index < -0.39 is 0 Å². The van der Waals surface area contributed by atoms with Crippen LogP contribution in [0.3, 0.4) is 0 Å². The topological polar surface area (TPSA) is 97.6 Å². The molecule has 0 radical (unpaired) electrons. The Morgan fingerprint density at radius 3 is 2.63 bits per heavy atom. The molecule has 1 heterocycles. The summed E-state index contributed by atoms with van der Waals surface area (Å²) >= 11 is 0. The number of hydrogen-bond acceptors (Lipinski definition) is 6. The fourth-order valence-corrected chi connectivity index (χ4v) is 2.46. The highest BCUT2D eigenvalue weighted by molar-refractivity contribution is 5.99. The molecule has 2 aromatic carbocycles. The predicted octanol–water partition coefficient (Wildman–Crippen LogP) is 2.46. The second kappa shape index (κ2) is 8.13. The first kappa shape index (κ1) is 18.1. The molecule has 0 aliphatic rings. The van der Waals surface area contributed by atoms with Gasteiger partial charge in [-0.15, -0.1) is 10.2 Å². The first-order valence-electron chi connectivity index (χ1n) is 8.13. The van der Waals surface area contributed by atoms with Crippen LogP contribution in [0.4, 0.5) is 5.69 Å². The summed E-state index contributed by atoms with van der Waals surface area (Å²) in [6.45, 7) is -0.0819. The molecule has 0 fully saturated rings. The third-order valence-corrected chi connectivity index (χ3v) is 3.82. The number of benzene rings is 2. The van der Waals surface area contributed by atoms with Gasteiger partial charge >= 0.3 is 0 Å². The number of carbonyl (C=O) groups is 2. The van der Waals surface area contributed by atoms with E-state index >= 15 is 0 Å². The number of carbonyl (C=O) groups excluding carboxylic acids is 2. The number of anilines is 1. The van der Waals surface area contributed by atoms with Gasteiger partial charge in [0.1, 0.15) is 5.75 Å². The van der Waals surface area contributed by atoms with E-state index in [1.54, 1.807) is 62.7 Å². The monoisotopic (exact) mass is 366 g/mol. The van der Waals surface area contributed by atoms with E-state index in [1.165, 1.54) is 11.3 Å². The lowest BCUT2D eigenvalue weighted by Gasteiger charge is -2.17. The van der Waals surface area contributed by atoms with Crippen molar-refractivity contribution >= 4 is 17.5 Å². The molecule has 0 aliphatic heterocycles. The molecule has 3 aromatic rings. The van der Waals surface area contributed by atoms with Gasteiger partial charge < -0.3 is 19.4 Å². The van der Waals surface area contributed by atoms with Crippen molar-refractivity contribution in [2.24, 2.45) is 0 Å². The molecule has 0 unspecified atom stereocenters. The maximum absolute atomic E-state index is 12.5. The third-order valence-electron chi connectivity index (χ3n) is 3.82. The average Bonchev–Trinajstić information content (AvgIpc) is 3.22. The van der Waals surface area contributed by atoms with E-state index in [0.717, 1.165) is 0 Å². The lowest BCUT2D eigenvalue weighted by molar-refractivity contribution is -0.116. The minimum Gasteiger partial charge on any atom is -0.497 e. The molecule has 1 aromatic heterocycles. The molecule has 1 N–H and O–H groups in total. The summed E-state index contributed by atoms with van der Waals surface area (Å²) in [5.41, 5.74) is 1.77. The van der Waals surface area contributed by atoms with Crippen molar-refractivity contribution in [3.8, 4) is 17.2 Å². The van der Waals surface area contributed by atoms with E-state index in [0.29, 0.717) is 28.5 Å². The predicted molar refractivity (Wildman–Crippen MR) is 98.3 cm³/mol. The van der Waals surface area contributed by atoms with Crippen LogP contribution in [0, 0.1) is 0 Å². The summed E-state index contributed by atoms with van der Waals surface area (Å²) in [5.74, 6) is 0.438. The summed E-state index contributed by atoms with van der Waals surface area (Å²) in [4.78, 5) is 26.0. The first-order valence-corrected chi connectivity index (χ1v) is 8.13. The number of methoxy groups -OCH3 is 1. The minimum atomic E-state index is -0.304. The van der Waals surface area contributed by atoms with Gasteiger partial charge in [-0.1, -0.05) is 6.07 Å². The summed E-state index contributed by atoms with van der Waals surface area (Å²) in [6.07, 6.45) is 1.24. The second-order valence-electron chi connectivity index (χ2n) is 5.76. The Labute approximate surface area is 155 Å². The molecule has 27 heavy (non-hydrogen) atoms. The van der Waals surface area contributed by atoms with Gasteiger partial charge in [-0.05, 0) is 36.4 Å². The number of nitrogens with one attached hydrogen (secondary N) is 1. The van der Waals surface area contributed by atoms with Gasteiger partial charge in [0.05, 0.1) is 13.7 Å². The first-order chi connectivity index (χ1) is 13.1. The molecule has 0 bridgehead atoms. The van der Waals surface area contributed by atoms with Crippen molar-refractivity contribution in [1.82, 2.24) is 15.1 Å². The molecule has 3 rings (SSSR count). The number of rotatable bonds is 6. The highest BCUT2D eigenvalue weighted by atomic mass is 16.5. The number of nitrogens with zero attached hydrogens (tertiary/aromatic N) is 3. The van der Waals surface area contributed by atoms with Crippen LogP contribution in [0.1, 0.15) is 10.4 Å². The standard InChI is InChI=1S/C19H18N4O4/c1-23(11-17(24)21-15-4-3-5-16(10-15)26-2)19(25)14-8-6-13(7-9-14)18-22-20-12-27-18/h3-10,12H,11H2,1-2H3,(H,21,24). The molecule has 0 saturated heterocycles. The van der Waals surface area contributed by atoms with Crippen LogP contribution in [0.15, 0.2) is 59.3 Å². The molecule has 8 heteroatoms. The molecule has 0 aliphatic carbocycles. The molecule has 0 atom stereocenters. The smallest absolute Gasteiger partial charge is 0.254 e. The highest BCUT2D eigenvalue weighted by Crippen LogP contribution is 2.18. The van der Waals surface area contributed by atoms with Crippen molar-refractivity contribution in [3.05, 3.63) is 60.5 Å². The quantitative estimate of drug-likeness (QED) is 0.720. The lowest BCUT2D eigenvalue weighted by Crippen LogP contribution is -2.34. The fraction of sp³-hybridized carbons (Fsp3) is 0.158. The van der Waals surface area contributed by atoms with Crippen LogP contribution in [0.5, 0.6) is 5.75 Å². The Hall–Kier alpha value is -3.68. The van der Waals surface area contributed by atoms with Crippen molar-refractivity contribution in [3.63, 3.8) is 0 Å². The Bertz CT molecular complexity index is 923. The van der Waals surface area contributed by atoms with Crippen molar-refractivity contribution in [2.75, 3.05) is 26.0 Å². The van der Waals surface area contributed by atoms with E-state index in [9.17, 15) is 9.59 Å². The van der Waals surface area contributed by atoms with Crippen LogP contribution < -0.4 is 10.1 Å². The van der Waals surface area contributed by atoms with Crippen molar-refractivity contribution in [1.29, 1.82) is 0 Å². The van der Waals surface area contributed by atoms with Crippen LogP contribution in [0.25, 0.3) is 11.5 Å². The number of hydrogen-bond donors (Lipinski definition) is 1.